The van der Waals surface area contributed by atoms with Crippen molar-refractivity contribution in [1.82, 2.24) is 19.7 Å². The van der Waals surface area contributed by atoms with Gasteiger partial charge in [0.1, 0.15) is 0 Å². The first-order valence-electron chi connectivity index (χ1n) is 13.7. The number of carbonyl (C=O) groups is 3. The molecule has 0 radical (unpaired) electrons. The molecule has 0 spiro atoms. The van der Waals surface area contributed by atoms with Gasteiger partial charge in [-0.3, -0.25) is 14.8 Å². The molecule has 20 heteroatoms. The lowest BCUT2D eigenvalue weighted by molar-refractivity contribution is -0.193. The molecule has 0 bridgehead atoms. The number of pyridine rings is 1. The van der Waals surface area contributed by atoms with Crippen LogP contribution in [0.2, 0.25) is 0 Å². The Morgan fingerprint density at radius 1 is 0.848 bits per heavy atom. The predicted molar refractivity (Wildman–Crippen MR) is 141 cm³/mol. The Morgan fingerprint density at radius 2 is 1.35 bits per heavy atom. The third-order valence-electron chi connectivity index (χ3n) is 7.04. The van der Waals surface area contributed by atoms with Crippen LogP contribution in [0.3, 0.4) is 0 Å². The number of likely N-dealkylation sites (N-methyl/N-ethyl adjacent to an activating group) is 1. The Bertz CT molecular complexity index is 1020. The van der Waals surface area contributed by atoms with Crippen molar-refractivity contribution in [1.29, 1.82) is 0 Å². The van der Waals surface area contributed by atoms with Crippen LogP contribution in [0.1, 0.15) is 18.4 Å². The molecular formula is C26H35F9N4O7. The summed E-state index contributed by atoms with van der Waals surface area (Å²) in [7, 11) is 2.24. The van der Waals surface area contributed by atoms with Gasteiger partial charge in [0.2, 0.25) is 0 Å². The van der Waals surface area contributed by atoms with Crippen molar-refractivity contribution < 1.29 is 74.0 Å². The number of aromatic nitrogens is 1. The Kier molecular flexibility index (Phi) is 16.1. The van der Waals surface area contributed by atoms with Gasteiger partial charge in [-0.1, -0.05) is 6.07 Å². The van der Waals surface area contributed by atoms with Gasteiger partial charge in [-0.15, -0.1) is 0 Å². The van der Waals surface area contributed by atoms with Crippen molar-refractivity contribution in [3.05, 3.63) is 30.1 Å². The lowest BCUT2D eigenvalue weighted by atomic mass is 9.98. The largest absolute Gasteiger partial charge is 0.490 e. The van der Waals surface area contributed by atoms with Gasteiger partial charge in [-0.25, -0.2) is 14.4 Å². The van der Waals surface area contributed by atoms with Crippen molar-refractivity contribution in [2.75, 3.05) is 59.5 Å². The van der Waals surface area contributed by atoms with Gasteiger partial charge < -0.3 is 25.0 Å². The van der Waals surface area contributed by atoms with Gasteiger partial charge in [0, 0.05) is 70.4 Å². The fraction of sp³-hybridized carbons (Fsp3) is 0.692. The topological polar surface area (TPSA) is 144 Å². The van der Waals surface area contributed by atoms with Crippen LogP contribution in [0.4, 0.5) is 39.5 Å². The number of carboxylic acid groups (broad SMARTS) is 3. The highest BCUT2D eigenvalue weighted by molar-refractivity contribution is 5.73. The highest BCUT2D eigenvalue weighted by Gasteiger charge is 2.41. The van der Waals surface area contributed by atoms with Gasteiger partial charge in [0.25, 0.3) is 0 Å². The van der Waals surface area contributed by atoms with Crippen molar-refractivity contribution in [3.8, 4) is 0 Å². The van der Waals surface area contributed by atoms with Gasteiger partial charge in [0.15, 0.2) is 0 Å². The van der Waals surface area contributed by atoms with E-state index in [2.05, 4.69) is 45.1 Å². The molecule has 1 aromatic heterocycles. The smallest absolute Gasteiger partial charge is 0.475 e. The molecule has 1 aromatic rings. The maximum Gasteiger partial charge on any atom is 0.490 e. The molecule has 0 amide bonds. The molecule has 4 heterocycles. The highest BCUT2D eigenvalue weighted by atomic mass is 19.4. The van der Waals surface area contributed by atoms with Gasteiger partial charge in [-0.05, 0) is 43.9 Å². The molecule has 264 valence electrons. The number of rotatable bonds is 5. The van der Waals surface area contributed by atoms with Crippen LogP contribution in [-0.4, -0.2) is 143 Å². The van der Waals surface area contributed by atoms with Crippen LogP contribution in [0, 0.1) is 5.92 Å². The van der Waals surface area contributed by atoms with Crippen LogP contribution in [0.25, 0.3) is 0 Å². The second kappa shape index (κ2) is 18.2. The maximum atomic E-state index is 10.6. The highest BCUT2D eigenvalue weighted by Crippen LogP contribution is 2.29. The zero-order chi connectivity index (χ0) is 35.3. The molecule has 3 aliphatic heterocycles. The molecule has 0 aromatic carbocycles. The summed E-state index contributed by atoms with van der Waals surface area (Å²) < 4.78 is 101. The molecule has 3 aliphatic rings. The van der Waals surface area contributed by atoms with E-state index in [4.69, 9.17) is 34.4 Å². The summed E-state index contributed by atoms with van der Waals surface area (Å²) >= 11 is 0. The SMILES string of the molecule is CN1CCN([C@@H]2CCN(CC3CCOC3)[C@H]2Cc2cccnc2)CC1.O=C(O)C(F)(F)F.O=C(O)C(F)(F)F.O=C(O)C(F)(F)F. The van der Waals surface area contributed by atoms with E-state index >= 15 is 0 Å². The average Bonchev–Trinajstić information content (AvgIpc) is 3.60. The van der Waals surface area contributed by atoms with Gasteiger partial charge >= 0.3 is 36.4 Å². The normalized spacial score (nSPS) is 22.8. The third-order valence-corrected chi connectivity index (χ3v) is 7.04. The van der Waals surface area contributed by atoms with Crippen molar-refractivity contribution in [2.24, 2.45) is 5.92 Å². The van der Waals surface area contributed by atoms with Crippen LogP contribution in [-0.2, 0) is 25.5 Å². The summed E-state index contributed by atoms with van der Waals surface area (Å²) in [6.45, 7) is 9.17. The molecule has 11 nitrogen and oxygen atoms in total. The second-order valence-corrected chi connectivity index (χ2v) is 10.5. The third kappa shape index (κ3) is 15.4. The first-order chi connectivity index (χ1) is 21.1. The fourth-order valence-electron chi connectivity index (χ4n) is 4.79. The average molecular weight is 687 g/mol. The molecule has 1 unspecified atom stereocenters. The zero-order valence-electron chi connectivity index (χ0n) is 24.5. The zero-order valence-corrected chi connectivity index (χ0v) is 24.5. The molecule has 3 saturated heterocycles. The van der Waals surface area contributed by atoms with Crippen molar-refractivity contribution in [2.45, 2.75) is 49.9 Å². The summed E-state index contributed by atoms with van der Waals surface area (Å²) in [6, 6.07) is 5.62. The van der Waals surface area contributed by atoms with Crippen molar-refractivity contribution in [3.63, 3.8) is 0 Å². The number of aliphatic carboxylic acids is 3. The van der Waals surface area contributed by atoms with E-state index in [-0.39, 0.29) is 0 Å². The van der Waals surface area contributed by atoms with Crippen LogP contribution in [0.15, 0.2) is 24.5 Å². The number of nitrogens with zero attached hydrogens (tertiary/aromatic N) is 4. The fourth-order valence-corrected chi connectivity index (χ4v) is 4.79. The Hall–Kier alpha value is -3.23. The number of carboxylic acids is 3. The molecule has 4 rings (SSSR count). The maximum absolute atomic E-state index is 10.6. The van der Waals surface area contributed by atoms with Crippen LogP contribution in [0.5, 0.6) is 0 Å². The molecule has 3 N–H and O–H groups in total. The Balaban J connectivity index is 0.000000413. The van der Waals surface area contributed by atoms with E-state index in [1.165, 1.54) is 57.7 Å². The summed E-state index contributed by atoms with van der Waals surface area (Å²) in [6.07, 6.45) is -7.66. The summed E-state index contributed by atoms with van der Waals surface area (Å²) in [5, 5.41) is 21.4. The second-order valence-electron chi connectivity index (χ2n) is 10.5. The molecular weight excluding hydrogens is 651 g/mol. The first kappa shape index (κ1) is 40.8. The molecule has 0 saturated carbocycles. The minimum absolute atomic E-state index is 0.619. The molecule has 46 heavy (non-hydrogen) atoms. The number of ether oxygens (including phenoxy) is 1. The molecule has 3 atom stereocenters. The lowest BCUT2D eigenvalue weighted by Gasteiger charge is -2.40. The number of likely N-dealkylation sites (tertiary alicyclic amines) is 1. The van der Waals surface area contributed by atoms with Crippen LogP contribution >= 0.6 is 0 Å². The molecule has 0 aliphatic carbocycles. The summed E-state index contributed by atoms with van der Waals surface area (Å²) in [4.78, 5) is 39.0. The van der Waals surface area contributed by atoms with E-state index in [0.29, 0.717) is 12.1 Å². The predicted octanol–water partition coefficient (Wildman–Crippen LogP) is 3.25. The lowest BCUT2D eigenvalue weighted by Crippen LogP contribution is -2.53. The summed E-state index contributed by atoms with van der Waals surface area (Å²) in [5.41, 5.74) is 1.38. The van der Waals surface area contributed by atoms with E-state index in [1.807, 2.05) is 6.20 Å². The van der Waals surface area contributed by atoms with E-state index in [0.717, 1.165) is 25.6 Å². The number of halogens is 9. The van der Waals surface area contributed by atoms with E-state index in [9.17, 15) is 39.5 Å². The number of hydrogen-bond donors (Lipinski definition) is 3. The van der Waals surface area contributed by atoms with E-state index < -0.39 is 36.4 Å². The van der Waals surface area contributed by atoms with E-state index in [1.54, 1.807) is 0 Å². The number of alkyl halides is 9. The molecule has 3 fully saturated rings. The quantitative estimate of drug-likeness (QED) is 0.393. The summed E-state index contributed by atoms with van der Waals surface area (Å²) in [5.74, 6) is -7.55. The monoisotopic (exact) mass is 686 g/mol. The number of piperazine rings is 1. The Labute approximate surface area is 257 Å². The number of hydrogen-bond acceptors (Lipinski definition) is 8. The minimum Gasteiger partial charge on any atom is -0.475 e. The van der Waals surface area contributed by atoms with Crippen LogP contribution < -0.4 is 0 Å². The minimum atomic E-state index is -5.08. The van der Waals surface area contributed by atoms with Crippen molar-refractivity contribution >= 4 is 17.9 Å². The Morgan fingerprint density at radius 3 is 1.74 bits per heavy atom. The first-order valence-corrected chi connectivity index (χ1v) is 13.7. The van der Waals surface area contributed by atoms with Gasteiger partial charge in [-0.2, -0.15) is 39.5 Å². The standard InChI is InChI=1S/C20H32N4O.3C2HF3O2/c1-22-8-10-23(11-9-22)19-4-7-24(15-18-5-12-25-16-18)20(19)13-17-3-2-6-21-14-17;3*3-2(4,5)1(6)7/h2-3,6,14,18-20H,4-5,7-13,15-16H2,1H3;3*(H,6,7)/t18?,19-,20+;;;/m1.../s1. The van der Waals surface area contributed by atoms with Gasteiger partial charge in [0.05, 0.1) is 6.61 Å².